The van der Waals surface area contributed by atoms with Crippen LogP contribution in [0.3, 0.4) is 0 Å². The van der Waals surface area contributed by atoms with Crippen LogP contribution in [-0.2, 0) is 0 Å². The van der Waals surface area contributed by atoms with E-state index in [1.165, 1.54) is 0 Å². The predicted molar refractivity (Wildman–Crippen MR) is 77.1 cm³/mol. The summed E-state index contributed by atoms with van der Waals surface area (Å²) >= 11 is 0. The highest BCUT2D eigenvalue weighted by molar-refractivity contribution is 5.44. The molecule has 2 nitrogen and oxygen atoms in total. The molecule has 0 aliphatic heterocycles. The van der Waals surface area contributed by atoms with Gasteiger partial charge in [0, 0.05) is 12.1 Å². The average Bonchev–Trinajstić information content (AvgIpc) is 2.51. The highest BCUT2D eigenvalue weighted by Gasteiger charge is 2.06. The third kappa shape index (κ3) is 2.98. The molecule has 0 bridgehead atoms. The van der Waals surface area contributed by atoms with E-state index < -0.39 is 0 Å². The van der Waals surface area contributed by atoms with Crippen LogP contribution < -0.4 is 9.47 Å². The van der Waals surface area contributed by atoms with Crippen molar-refractivity contribution in [3.63, 3.8) is 0 Å². The number of hydrogen-bond acceptors (Lipinski definition) is 2. The van der Waals surface area contributed by atoms with Crippen molar-refractivity contribution in [2.45, 2.75) is 0 Å². The number of ether oxygens (including phenoxy) is 2. The summed E-state index contributed by atoms with van der Waals surface area (Å²) in [6.45, 7) is 0. The van der Waals surface area contributed by atoms with E-state index in [-0.39, 0.29) is 0 Å². The fourth-order valence-corrected chi connectivity index (χ4v) is 1.74. The van der Waals surface area contributed by atoms with Crippen LogP contribution in [-0.4, -0.2) is 0 Å². The molecule has 0 heterocycles. The van der Waals surface area contributed by atoms with Gasteiger partial charge in [0.1, 0.15) is 11.5 Å². The second-order valence-corrected chi connectivity index (χ2v) is 4.10. The fraction of sp³-hybridized carbons (Fsp3) is 0. The van der Waals surface area contributed by atoms with Gasteiger partial charge in [-0.15, -0.1) is 0 Å². The van der Waals surface area contributed by atoms with Gasteiger partial charge in [-0.05, 0) is 24.3 Å². The van der Waals surface area contributed by atoms with Crippen molar-refractivity contribution >= 4 is 0 Å². The second kappa shape index (κ2) is 5.93. The Morgan fingerprint density at radius 1 is 0.550 bits per heavy atom. The topological polar surface area (TPSA) is 18.5 Å². The van der Waals surface area contributed by atoms with Crippen LogP contribution in [0.15, 0.2) is 72.8 Å². The Balaban J connectivity index is 1.85. The third-order valence-corrected chi connectivity index (χ3v) is 2.65. The van der Waals surface area contributed by atoms with Gasteiger partial charge in [0.05, 0.1) is 0 Å². The Morgan fingerprint density at radius 2 is 1.00 bits per heavy atom. The average molecular weight is 260 g/mol. The van der Waals surface area contributed by atoms with Crippen molar-refractivity contribution in [2.24, 2.45) is 0 Å². The first-order valence-electron chi connectivity index (χ1n) is 6.30. The summed E-state index contributed by atoms with van der Waals surface area (Å²) < 4.78 is 11.6. The van der Waals surface area contributed by atoms with Gasteiger partial charge in [-0.3, -0.25) is 0 Å². The van der Waals surface area contributed by atoms with Gasteiger partial charge in [0.15, 0.2) is 11.5 Å². The first-order chi connectivity index (χ1) is 9.92. The van der Waals surface area contributed by atoms with Gasteiger partial charge in [-0.2, -0.15) is 0 Å². The summed E-state index contributed by atoms with van der Waals surface area (Å²) in [7, 11) is 0. The fourth-order valence-electron chi connectivity index (χ4n) is 1.74. The van der Waals surface area contributed by atoms with Crippen LogP contribution in [0.25, 0.3) is 0 Å². The molecule has 0 aliphatic rings. The maximum atomic E-state index is 5.79. The Kier molecular flexibility index (Phi) is 3.65. The molecule has 0 spiro atoms. The van der Waals surface area contributed by atoms with Gasteiger partial charge >= 0.3 is 0 Å². The maximum Gasteiger partial charge on any atom is 0.169 e. The zero-order chi connectivity index (χ0) is 13.6. The smallest absolute Gasteiger partial charge is 0.169 e. The molecule has 2 radical (unpaired) electrons. The molecular weight excluding hydrogens is 248 g/mol. The van der Waals surface area contributed by atoms with Crippen molar-refractivity contribution < 1.29 is 9.47 Å². The Labute approximate surface area is 118 Å². The van der Waals surface area contributed by atoms with E-state index in [4.69, 9.17) is 9.47 Å². The van der Waals surface area contributed by atoms with E-state index in [1.807, 2.05) is 72.8 Å². The van der Waals surface area contributed by atoms with Crippen LogP contribution in [0, 0.1) is 12.1 Å². The Morgan fingerprint density at radius 3 is 1.40 bits per heavy atom. The highest BCUT2D eigenvalue weighted by atomic mass is 16.5. The molecule has 20 heavy (non-hydrogen) atoms. The SMILES string of the molecule is [c]1ccccc1Oc1ccccc1Oc1[c]cccc1. The zero-order valence-corrected chi connectivity index (χ0v) is 10.7. The summed E-state index contributed by atoms with van der Waals surface area (Å²) in [6, 6.07) is 28.5. The molecule has 2 heteroatoms. The molecule has 0 aromatic heterocycles. The molecule has 3 aromatic carbocycles. The highest BCUT2D eigenvalue weighted by Crippen LogP contribution is 2.33. The number of benzene rings is 3. The molecule has 0 amide bonds. The molecular formula is C18H12O2. The Hall–Kier alpha value is -2.74. The lowest BCUT2D eigenvalue weighted by Crippen LogP contribution is -1.90. The summed E-state index contributed by atoms with van der Waals surface area (Å²) in [5.41, 5.74) is 0. The molecule has 0 fully saturated rings. The van der Waals surface area contributed by atoms with Crippen molar-refractivity contribution in [1.82, 2.24) is 0 Å². The van der Waals surface area contributed by atoms with E-state index in [0.717, 1.165) is 0 Å². The first kappa shape index (κ1) is 12.3. The quantitative estimate of drug-likeness (QED) is 0.666. The summed E-state index contributed by atoms with van der Waals surface area (Å²) in [6.07, 6.45) is 0. The van der Waals surface area contributed by atoms with Crippen molar-refractivity contribution in [2.75, 3.05) is 0 Å². The number of rotatable bonds is 4. The molecule has 0 N–H and O–H groups in total. The van der Waals surface area contributed by atoms with Gasteiger partial charge in [0.25, 0.3) is 0 Å². The zero-order valence-electron chi connectivity index (χ0n) is 10.7. The van der Waals surface area contributed by atoms with Crippen LogP contribution in [0.5, 0.6) is 23.0 Å². The largest absolute Gasteiger partial charge is 0.453 e. The standard InChI is InChI=1S/C18H12O2/c1-3-9-15(10-4-1)19-17-13-7-8-14-18(17)20-16-11-5-2-6-12-16/h1-9,11,13-14H. The number of para-hydroxylation sites is 4. The normalized spacial score (nSPS) is 10.0. The van der Waals surface area contributed by atoms with E-state index in [2.05, 4.69) is 12.1 Å². The van der Waals surface area contributed by atoms with Crippen molar-refractivity contribution in [3.05, 3.63) is 84.9 Å². The monoisotopic (exact) mass is 260 g/mol. The van der Waals surface area contributed by atoms with E-state index in [0.29, 0.717) is 23.0 Å². The van der Waals surface area contributed by atoms with Gasteiger partial charge < -0.3 is 9.47 Å². The molecule has 96 valence electrons. The Bertz CT molecular complexity index is 603. The van der Waals surface area contributed by atoms with E-state index >= 15 is 0 Å². The molecule has 3 rings (SSSR count). The minimum absolute atomic E-state index is 0.646. The minimum Gasteiger partial charge on any atom is -0.453 e. The van der Waals surface area contributed by atoms with Crippen molar-refractivity contribution in [1.29, 1.82) is 0 Å². The van der Waals surface area contributed by atoms with Crippen LogP contribution in [0.4, 0.5) is 0 Å². The predicted octanol–water partition coefficient (Wildman–Crippen LogP) is 4.87. The van der Waals surface area contributed by atoms with Crippen molar-refractivity contribution in [3.8, 4) is 23.0 Å². The summed E-state index contributed by atoms with van der Waals surface area (Å²) in [5.74, 6) is 2.60. The molecule has 0 unspecified atom stereocenters. The molecule has 0 saturated heterocycles. The van der Waals surface area contributed by atoms with Gasteiger partial charge in [0.2, 0.25) is 0 Å². The minimum atomic E-state index is 0.646. The second-order valence-electron chi connectivity index (χ2n) is 4.10. The lowest BCUT2D eigenvalue weighted by Gasteiger charge is -2.11. The number of hydrogen-bond donors (Lipinski definition) is 0. The summed E-state index contributed by atoms with van der Waals surface area (Å²) in [4.78, 5) is 0. The lowest BCUT2D eigenvalue weighted by atomic mass is 10.3. The van der Waals surface area contributed by atoms with Crippen LogP contribution in [0.2, 0.25) is 0 Å². The van der Waals surface area contributed by atoms with E-state index in [1.54, 1.807) is 0 Å². The van der Waals surface area contributed by atoms with Gasteiger partial charge in [-0.25, -0.2) is 0 Å². The molecule has 3 aromatic rings. The third-order valence-electron chi connectivity index (χ3n) is 2.65. The lowest BCUT2D eigenvalue weighted by molar-refractivity contribution is 0.418. The van der Waals surface area contributed by atoms with E-state index in [9.17, 15) is 0 Å². The molecule has 0 saturated carbocycles. The molecule has 0 aliphatic carbocycles. The maximum absolute atomic E-state index is 5.79. The molecule has 0 atom stereocenters. The van der Waals surface area contributed by atoms with Crippen LogP contribution >= 0.6 is 0 Å². The first-order valence-corrected chi connectivity index (χ1v) is 6.30. The van der Waals surface area contributed by atoms with Gasteiger partial charge in [-0.1, -0.05) is 48.5 Å². The van der Waals surface area contributed by atoms with Crippen LogP contribution in [0.1, 0.15) is 0 Å². The summed E-state index contributed by atoms with van der Waals surface area (Å²) in [5, 5.41) is 0.